The fourth-order valence-electron chi connectivity index (χ4n) is 2.82. The molecule has 0 aromatic carbocycles. The van der Waals surface area contributed by atoms with Crippen LogP contribution in [0.4, 0.5) is 0 Å². The molecule has 0 radical (unpaired) electrons. The van der Waals surface area contributed by atoms with Gasteiger partial charge in [-0.15, -0.1) is 0 Å². The molecule has 0 heterocycles. The molecule has 0 saturated heterocycles. The first-order chi connectivity index (χ1) is 8.27. The lowest BCUT2D eigenvalue weighted by molar-refractivity contribution is -0.132. The van der Waals surface area contributed by atoms with Gasteiger partial charge < -0.3 is 0 Å². The number of Topliss-reactive ketones (excluding diaryl/α,β-unsaturated/α-hetero) is 1. The lowest BCUT2D eigenvalue weighted by Gasteiger charge is -2.41. The molecule has 0 aliphatic heterocycles. The summed E-state index contributed by atoms with van der Waals surface area (Å²) in [7, 11) is 0. The van der Waals surface area contributed by atoms with Crippen molar-refractivity contribution in [3.8, 4) is 0 Å². The average Bonchev–Trinajstić information content (AvgIpc) is 2.32. The van der Waals surface area contributed by atoms with Crippen LogP contribution >= 0.6 is 0 Å². The highest BCUT2D eigenvalue weighted by molar-refractivity contribution is 5.88. The predicted molar refractivity (Wildman–Crippen MR) is 79.9 cm³/mol. The van der Waals surface area contributed by atoms with Crippen molar-refractivity contribution in [1.82, 2.24) is 4.90 Å². The van der Waals surface area contributed by atoms with Gasteiger partial charge in [-0.3, -0.25) is 9.69 Å². The molecule has 0 rings (SSSR count). The second kappa shape index (κ2) is 7.28. The van der Waals surface area contributed by atoms with Crippen molar-refractivity contribution in [2.24, 2.45) is 5.41 Å². The van der Waals surface area contributed by atoms with Gasteiger partial charge in [0.05, 0.1) is 5.54 Å². The molecule has 0 bridgehead atoms. The van der Waals surface area contributed by atoms with E-state index < -0.39 is 0 Å². The minimum absolute atomic E-state index is 0.227. The lowest BCUT2D eigenvalue weighted by atomic mass is 9.80. The maximum atomic E-state index is 12.7. The first-order valence-electron chi connectivity index (χ1n) is 7.55. The van der Waals surface area contributed by atoms with Gasteiger partial charge in [-0.2, -0.15) is 0 Å². The first kappa shape index (κ1) is 17.6. The Bertz CT molecular complexity index is 244. The highest BCUT2D eigenvalue weighted by Gasteiger charge is 2.38. The van der Waals surface area contributed by atoms with Gasteiger partial charge in [-0.1, -0.05) is 48.5 Å². The molecule has 0 aromatic rings. The Morgan fingerprint density at radius 3 is 1.67 bits per heavy atom. The molecule has 0 atom stereocenters. The van der Waals surface area contributed by atoms with Crippen molar-refractivity contribution >= 4 is 5.78 Å². The number of ketones is 1. The molecule has 2 nitrogen and oxygen atoms in total. The van der Waals surface area contributed by atoms with E-state index in [1.807, 2.05) is 0 Å². The first-order valence-corrected chi connectivity index (χ1v) is 7.55. The van der Waals surface area contributed by atoms with Gasteiger partial charge in [0.15, 0.2) is 5.78 Å². The summed E-state index contributed by atoms with van der Waals surface area (Å²) in [6.07, 6.45) is 3.54. The van der Waals surface area contributed by atoms with Crippen molar-refractivity contribution in [2.45, 2.75) is 79.7 Å². The summed E-state index contributed by atoms with van der Waals surface area (Å²) < 4.78 is 0. The minimum atomic E-state index is -0.227. The van der Waals surface area contributed by atoms with E-state index >= 15 is 0 Å². The molecule has 0 aliphatic carbocycles. The lowest BCUT2D eigenvalue weighted by Crippen LogP contribution is -2.54. The monoisotopic (exact) mass is 255 g/mol. The van der Waals surface area contributed by atoms with E-state index in [1.54, 1.807) is 0 Å². The highest BCUT2D eigenvalue weighted by atomic mass is 16.1. The van der Waals surface area contributed by atoms with E-state index in [2.05, 4.69) is 53.4 Å². The minimum Gasteiger partial charge on any atom is -0.298 e. The van der Waals surface area contributed by atoms with Crippen molar-refractivity contribution < 1.29 is 4.79 Å². The maximum Gasteiger partial charge on any atom is 0.153 e. The summed E-state index contributed by atoms with van der Waals surface area (Å²) in [5.74, 6) is 0.436. The molecular formula is C16H33NO. The number of carbonyl (C=O) groups is 1. The molecule has 0 aliphatic rings. The second-order valence-electron chi connectivity index (χ2n) is 6.39. The highest BCUT2D eigenvalue weighted by Crippen LogP contribution is 2.30. The topological polar surface area (TPSA) is 20.3 Å². The van der Waals surface area contributed by atoms with Gasteiger partial charge in [-0.25, -0.2) is 0 Å². The number of rotatable bonds is 8. The third-order valence-electron chi connectivity index (χ3n) is 4.16. The van der Waals surface area contributed by atoms with Gasteiger partial charge in [0.25, 0.3) is 0 Å². The molecule has 0 unspecified atom stereocenters. The molecule has 0 fully saturated rings. The molecule has 2 heteroatoms. The largest absolute Gasteiger partial charge is 0.298 e. The normalized spacial score (nSPS) is 13.1. The van der Waals surface area contributed by atoms with Crippen LogP contribution in [-0.4, -0.2) is 29.3 Å². The Hall–Kier alpha value is -0.370. The quantitative estimate of drug-likeness (QED) is 0.645. The summed E-state index contributed by atoms with van der Waals surface area (Å²) in [4.78, 5) is 15.0. The summed E-state index contributed by atoms with van der Waals surface area (Å²) in [5, 5.41) is 0. The molecule has 0 amide bonds. The zero-order chi connectivity index (χ0) is 14.4. The Labute approximate surface area is 114 Å². The molecular weight excluding hydrogens is 222 g/mol. The fraction of sp³-hybridized carbons (Fsp3) is 0.938. The van der Waals surface area contributed by atoms with Gasteiger partial charge in [0.1, 0.15) is 0 Å². The van der Waals surface area contributed by atoms with Crippen LogP contribution in [0.15, 0.2) is 0 Å². The van der Waals surface area contributed by atoms with E-state index in [-0.39, 0.29) is 11.0 Å². The molecule has 0 aromatic heterocycles. The number of likely N-dealkylation sites (N-methyl/N-ethyl adjacent to an activating group) is 1. The van der Waals surface area contributed by atoms with Crippen LogP contribution in [0.3, 0.4) is 0 Å². The smallest absolute Gasteiger partial charge is 0.153 e. The number of hydrogen-bond acceptors (Lipinski definition) is 2. The van der Waals surface area contributed by atoms with E-state index in [4.69, 9.17) is 0 Å². The zero-order valence-electron chi connectivity index (χ0n) is 13.6. The number of nitrogens with zero attached hydrogens (tertiary/aromatic N) is 1. The third-order valence-corrected chi connectivity index (χ3v) is 4.16. The predicted octanol–water partition coefficient (Wildman–Crippen LogP) is 4.28. The Morgan fingerprint density at radius 1 is 0.944 bits per heavy atom. The van der Waals surface area contributed by atoms with Crippen LogP contribution in [0.5, 0.6) is 0 Å². The van der Waals surface area contributed by atoms with Crippen LogP contribution < -0.4 is 0 Å². The van der Waals surface area contributed by atoms with E-state index in [1.165, 1.54) is 0 Å². The molecule has 0 spiro atoms. The van der Waals surface area contributed by atoms with Gasteiger partial charge in [0.2, 0.25) is 0 Å². The summed E-state index contributed by atoms with van der Waals surface area (Å²) >= 11 is 0. The standard InChI is InChI=1S/C16H33NO/c1-8-16(9-2,17(10-3)11-4)14(18)12-13-15(5,6)7/h8-13H2,1-7H3. The maximum absolute atomic E-state index is 12.7. The third kappa shape index (κ3) is 4.38. The van der Waals surface area contributed by atoms with Gasteiger partial charge in [-0.05, 0) is 37.8 Å². The molecule has 0 N–H and O–H groups in total. The second-order valence-corrected chi connectivity index (χ2v) is 6.39. The Kier molecular flexibility index (Phi) is 7.13. The summed E-state index contributed by atoms with van der Waals surface area (Å²) in [6, 6.07) is 0. The van der Waals surface area contributed by atoms with Gasteiger partial charge >= 0.3 is 0 Å². The van der Waals surface area contributed by atoms with Crippen LogP contribution in [-0.2, 0) is 4.79 Å². The molecule has 0 saturated carbocycles. The fourth-order valence-corrected chi connectivity index (χ4v) is 2.82. The van der Waals surface area contributed by atoms with E-state index in [0.717, 1.165) is 32.4 Å². The zero-order valence-corrected chi connectivity index (χ0v) is 13.6. The molecule has 18 heavy (non-hydrogen) atoms. The van der Waals surface area contributed by atoms with Crippen molar-refractivity contribution in [1.29, 1.82) is 0 Å². The summed E-state index contributed by atoms with van der Waals surface area (Å²) in [5.41, 5.74) is 0.0148. The van der Waals surface area contributed by atoms with Crippen LogP contribution in [0.25, 0.3) is 0 Å². The SMILES string of the molecule is CCN(CC)C(CC)(CC)C(=O)CCC(C)(C)C. The van der Waals surface area contributed by atoms with E-state index in [9.17, 15) is 4.79 Å². The van der Waals surface area contributed by atoms with Crippen molar-refractivity contribution in [2.75, 3.05) is 13.1 Å². The average molecular weight is 255 g/mol. The molecule has 108 valence electrons. The van der Waals surface area contributed by atoms with Crippen molar-refractivity contribution in [3.63, 3.8) is 0 Å². The van der Waals surface area contributed by atoms with Crippen molar-refractivity contribution in [3.05, 3.63) is 0 Å². The Morgan fingerprint density at radius 2 is 1.39 bits per heavy atom. The van der Waals surface area contributed by atoms with Crippen LogP contribution in [0.1, 0.15) is 74.1 Å². The van der Waals surface area contributed by atoms with E-state index in [0.29, 0.717) is 12.2 Å². The van der Waals surface area contributed by atoms with Crippen LogP contribution in [0.2, 0.25) is 0 Å². The Balaban J connectivity index is 4.92. The van der Waals surface area contributed by atoms with Gasteiger partial charge in [0, 0.05) is 6.42 Å². The number of hydrogen-bond donors (Lipinski definition) is 0. The summed E-state index contributed by atoms with van der Waals surface area (Å²) in [6.45, 7) is 17.1. The number of carbonyl (C=O) groups excluding carboxylic acids is 1. The van der Waals surface area contributed by atoms with Crippen LogP contribution in [0, 0.1) is 5.41 Å².